The van der Waals surface area contributed by atoms with E-state index in [4.69, 9.17) is 4.74 Å². The lowest BCUT2D eigenvalue weighted by Gasteiger charge is -2.08. The first-order chi connectivity index (χ1) is 15.6. The van der Waals surface area contributed by atoms with Crippen LogP contribution >= 0.6 is 11.3 Å². The monoisotopic (exact) mass is 446 g/mol. The largest absolute Gasteiger partial charge is 0.508 e. The molecular weight excluding hydrogens is 420 g/mol. The standard InChI is InChI=1S/C27H26O4S/c1-2-3-4-5-16-31-22-13-8-18(9-14-22)26(30)25-23-15-12-21(29)17-24(23)32-27(25)19-6-10-20(28)11-7-19/h6-15,17,28-29H,2-5,16H2,1H3. The van der Waals surface area contributed by atoms with Crippen LogP contribution in [0.4, 0.5) is 0 Å². The molecule has 0 atom stereocenters. The molecule has 0 saturated carbocycles. The molecule has 0 bridgehead atoms. The van der Waals surface area contributed by atoms with Crippen LogP contribution in [-0.4, -0.2) is 22.6 Å². The minimum Gasteiger partial charge on any atom is -0.508 e. The molecule has 0 amide bonds. The van der Waals surface area contributed by atoms with Crippen LogP contribution in [0.5, 0.6) is 17.2 Å². The van der Waals surface area contributed by atoms with Crippen molar-refractivity contribution in [2.45, 2.75) is 32.6 Å². The fourth-order valence-corrected chi connectivity index (χ4v) is 4.93. The summed E-state index contributed by atoms with van der Waals surface area (Å²) in [5.74, 6) is 1.01. The lowest BCUT2D eigenvalue weighted by atomic mass is 9.97. The van der Waals surface area contributed by atoms with Crippen LogP contribution < -0.4 is 4.74 Å². The van der Waals surface area contributed by atoms with Crippen molar-refractivity contribution in [1.82, 2.24) is 0 Å². The van der Waals surface area contributed by atoms with E-state index in [1.54, 1.807) is 54.6 Å². The number of aromatic hydroxyl groups is 2. The van der Waals surface area contributed by atoms with Gasteiger partial charge in [-0.2, -0.15) is 0 Å². The van der Waals surface area contributed by atoms with Gasteiger partial charge in [0, 0.05) is 26.1 Å². The third kappa shape index (κ3) is 4.78. The number of hydrogen-bond donors (Lipinski definition) is 2. The molecule has 0 unspecified atom stereocenters. The van der Waals surface area contributed by atoms with Crippen molar-refractivity contribution in [1.29, 1.82) is 0 Å². The summed E-state index contributed by atoms with van der Waals surface area (Å²) in [6.45, 7) is 2.86. The van der Waals surface area contributed by atoms with E-state index >= 15 is 0 Å². The highest BCUT2D eigenvalue weighted by atomic mass is 32.1. The first-order valence-corrected chi connectivity index (χ1v) is 11.7. The van der Waals surface area contributed by atoms with E-state index in [9.17, 15) is 15.0 Å². The molecular formula is C27H26O4S. The zero-order valence-corrected chi connectivity index (χ0v) is 18.8. The van der Waals surface area contributed by atoms with Gasteiger partial charge in [-0.15, -0.1) is 11.3 Å². The number of ether oxygens (including phenoxy) is 1. The molecule has 0 saturated heterocycles. The molecule has 3 aromatic carbocycles. The van der Waals surface area contributed by atoms with E-state index < -0.39 is 0 Å². The number of ketones is 1. The van der Waals surface area contributed by atoms with Crippen molar-refractivity contribution >= 4 is 27.2 Å². The molecule has 0 aliphatic carbocycles. The second kappa shape index (κ2) is 9.88. The molecule has 1 heterocycles. The number of rotatable bonds is 9. The summed E-state index contributed by atoms with van der Waals surface area (Å²) in [5.41, 5.74) is 2.03. The number of fused-ring (bicyclic) bond motifs is 1. The van der Waals surface area contributed by atoms with Crippen molar-refractivity contribution in [2.75, 3.05) is 6.61 Å². The summed E-state index contributed by atoms with van der Waals surface area (Å²) in [7, 11) is 0. The van der Waals surface area contributed by atoms with Gasteiger partial charge >= 0.3 is 0 Å². The minimum absolute atomic E-state index is 0.0838. The highest BCUT2D eigenvalue weighted by Crippen LogP contribution is 2.41. The average Bonchev–Trinajstić information content (AvgIpc) is 3.18. The number of carbonyl (C=O) groups is 1. The Kier molecular flexibility index (Phi) is 6.76. The van der Waals surface area contributed by atoms with E-state index in [0.29, 0.717) is 17.7 Å². The SMILES string of the molecule is CCCCCCOc1ccc(C(=O)c2c(-c3ccc(O)cc3)sc3cc(O)ccc23)cc1. The Bertz CT molecular complexity index is 1210. The molecule has 1 aromatic heterocycles. The van der Waals surface area contributed by atoms with Crippen LogP contribution in [0.3, 0.4) is 0 Å². The predicted octanol–water partition coefficient (Wildman–Crippen LogP) is 7.17. The Morgan fingerprint density at radius 3 is 2.31 bits per heavy atom. The van der Waals surface area contributed by atoms with Gasteiger partial charge in [-0.25, -0.2) is 0 Å². The van der Waals surface area contributed by atoms with Gasteiger partial charge in [0.2, 0.25) is 0 Å². The third-order valence-electron chi connectivity index (χ3n) is 5.41. The first-order valence-electron chi connectivity index (χ1n) is 10.9. The van der Waals surface area contributed by atoms with E-state index in [0.717, 1.165) is 39.1 Å². The van der Waals surface area contributed by atoms with Gasteiger partial charge in [-0.3, -0.25) is 4.79 Å². The molecule has 164 valence electrons. The van der Waals surface area contributed by atoms with Crippen molar-refractivity contribution in [3.8, 4) is 27.7 Å². The number of unbranched alkanes of at least 4 members (excludes halogenated alkanes) is 3. The highest BCUT2D eigenvalue weighted by Gasteiger charge is 2.22. The Morgan fingerprint density at radius 1 is 0.875 bits per heavy atom. The number of phenols is 2. The number of hydrogen-bond acceptors (Lipinski definition) is 5. The van der Waals surface area contributed by atoms with E-state index in [2.05, 4.69) is 6.92 Å². The molecule has 0 fully saturated rings. The smallest absolute Gasteiger partial charge is 0.195 e. The van der Waals surface area contributed by atoms with Crippen molar-refractivity contribution in [3.05, 3.63) is 77.9 Å². The Balaban J connectivity index is 1.64. The topological polar surface area (TPSA) is 66.8 Å². The fraction of sp³-hybridized carbons (Fsp3) is 0.222. The molecule has 5 heteroatoms. The summed E-state index contributed by atoms with van der Waals surface area (Å²) in [4.78, 5) is 14.4. The van der Waals surface area contributed by atoms with Crippen molar-refractivity contribution in [2.24, 2.45) is 0 Å². The van der Waals surface area contributed by atoms with Crippen LogP contribution in [0.1, 0.15) is 48.5 Å². The molecule has 0 spiro atoms. The van der Waals surface area contributed by atoms with Crippen LogP contribution in [0.25, 0.3) is 20.5 Å². The molecule has 0 radical (unpaired) electrons. The normalized spacial score (nSPS) is 11.0. The Labute approximate surface area is 191 Å². The summed E-state index contributed by atoms with van der Waals surface area (Å²) < 4.78 is 6.64. The van der Waals surface area contributed by atoms with Gasteiger partial charge in [0.15, 0.2) is 5.78 Å². The van der Waals surface area contributed by atoms with Crippen LogP contribution in [0.2, 0.25) is 0 Å². The molecule has 32 heavy (non-hydrogen) atoms. The molecule has 4 nitrogen and oxygen atoms in total. The fourth-order valence-electron chi connectivity index (χ4n) is 3.69. The minimum atomic E-state index is -0.0838. The lowest BCUT2D eigenvalue weighted by molar-refractivity contribution is 0.104. The molecule has 0 aliphatic rings. The van der Waals surface area contributed by atoms with Crippen LogP contribution in [0, 0.1) is 0 Å². The van der Waals surface area contributed by atoms with Gasteiger partial charge in [-0.1, -0.05) is 26.2 Å². The van der Waals surface area contributed by atoms with Gasteiger partial charge in [0.05, 0.1) is 6.61 Å². The van der Waals surface area contributed by atoms with E-state index in [1.165, 1.54) is 24.2 Å². The molecule has 0 aliphatic heterocycles. The van der Waals surface area contributed by atoms with Crippen molar-refractivity contribution in [3.63, 3.8) is 0 Å². The van der Waals surface area contributed by atoms with Gasteiger partial charge in [-0.05, 0) is 78.7 Å². The molecule has 2 N–H and O–H groups in total. The Morgan fingerprint density at radius 2 is 1.59 bits per heavy atom. The zero-order valence-electron chi connectivity index (χ0n) is 18.0. The average molecular weight is 447 g/mol. The van der Waals surface area contributed by atoms with E-state index in [-0.39, 0.29) is 17.3 Å². The summed E-state index contributed by atoms with van der Waals surface area (Å²) in [6, 6.07) is 19.2. The molecule has 4 aromatic rings. The van der Waals surface area contributed by atoms with Gasteiger partial charge < -0.3 is 14.9 Å². The summed E-state index contributed by atoms with van der Waals surface area (Å²) >= 11 is 1.45. The predicted molar refractivity (Wildman–Crippen MR) is 130 cm³/mol. The molecule has 4 rings (SSSR count). The second-order valence-electron chi connectivity index (χ2n) is 7.80. The summed E-state index contributed by atoms with van der Waals surface area (Å²) in [5, 5.41) is 20.4. The number of thiophene rings is 1. The summed E-state index contributed by atoms with van der Waals surface area (Å²) in [6.07, 6.45) is 4.60. The third-order valence-corrected chi connectivity index (χ3v) is 6.61. The number of carbonyl (C=O) groups excluding carboxylic acids is 1. The van der Waals surface area contributed by atoms with Crippen LogP contribution in [-0.2, 0) is 0 Å². The lowest BCUT2D eigenvalue weighted by Crippen LogP contribution is -2.03. The first kappa shape index (κ1) is 21.9. The maximum Gasteiger partial charge on any atom is 0.195 e. The zero-order chi connectivity index (χ0) is 22.5. The quantitative estimate of drug-likeness (QED) is 0.211. The maximum absolute atomic E-state index is 13.6. The number of benzene rings is 3. The van der Waals surface area contributed by atoms with Crippen molar-refractivity contribution < 1.29 is 19.7 Å². The second-order valence-corrected chi connectivity index (χ2v) is 8.85. The Hall–Kier alpha value is -3.31. The van der Waals surface area contributed by atoms with E-state index in [1.807, 2.05) is 12.1 Å². The van der Waals surface area contributed by atoms with Gasteiger partial charge in [0.1, 0.15) is 17.2 Å². The van der Waals surface area contributed by atoms with Gasteiger partial charge in [0.25, 0.3) is 0 Å². The van der Waals surface area contributed by atoms with Crippen LogP contribution in [0.15, 0.2) is 66.7 Å². The number of phenolic OH excluding ortho intramolecular Hbond substituents is 2. The maximum atomic E-state index is 13.6. The highest BCUT2D eigenvalue weighted by molar-refractivity contribution is 7.22.